The van der Waals surface area contributed by atoms with Crippen LogP contribution in [0.2, 0.25) is 0 Å². The van der Waals surface area contributed by atoms with Crippen molar-refractivity contribution in [2.24, 2.45) is 5.92 Å². The molecule has 0 aromatic heterocycles. The van der Waals surface area contributed by atoms with Crippen molar-refractivity contribution in [3.8, 4) is 33.4 Å². The van der Waals surface area contributed by atoms with E-state index >= 15 is 0 Å². The third kappa shape index (κ3) is 8.96. The lowest BCUT2D eigenvalue weighted by molar-refractivity contribution is 0.675. The van der Waals surface area contributed by atoms with Crippen LogP contribution in [0.25, 0.3) is 94.1 Å². The monoisotopic (exact) mass is 1180 g/mol. The third-order valence-electron chi connectivity index (χ3n) is 18.4. The second kappa shape index (κ2) is 21.9. The van der Waals surface area contributed by atoms with Gasteiger partial charge in [-0.05, 0) is 230 Å². The van der Waals surface area contributed by atoms with Gasteiger partial charge in [0.25, 0.3) is 0 Å². The van der Waals surface area contributed by atoms with E-state index in [1.807, 2.05) is 11.8 Å². The molecule has 15 rings (SSSR count). The fourth-order valence-corrected chi connectivity index (χ4v) is 16.3. The number of hydrogen-bond acceptors (Lipinski definition) is 1. The summed E-state index contributed by atoms with van der Waals surface area (Å²) in [5.41, 5.74) is 28.3. The van der Waals surface area contributed by atoms with Gasteiger partial charge in [0.1, 0.15) is 0 Å². The minimum Gasteiger partial charge on any atom is -0.130 e. The van der Waals surface area contributed by atoms with E-state index in [2.05, 4.69) is 271 Å². The Morgan fingerprint density at radius 2 is 1.18 bits per heavy atom. The number of aryl methyl sites for hydroxylation is 2. The quantitative estimate of drug-likeness (QED) is 0.0569. The summed E-state index contributed by atoms with van der Waals surface area (Å²) in [6, 6.07) is 61.8. The highest BCUT2D eigenvalue weighted by atomic mass is 127. The van der Waals surface area contributed by atoms with Crippen LogP contribution in [0.1, 0.15) is 94.5 Å². The summed E-state index contributed by atoms with van der Waals surface area (Å²) in [6.45, 7) is 4.65. The molecule has 0 nitrogen and oxygen atoms in total. The summed E-state index contributed by atoms with van der Waals surface area (Å²) in [6.07, 6.45) is 38.1. The van der Waals surface area contributed by atoms with Crippen LogP contribution < -0.4 is 0 Å². The van der Waals surface area contributed by atoms with Gasteiger partial charge in [0, 0.05) is 17.6 Å². The van der Waals surface area contributed by atoms with Crippen LogP contribution in [0.3, 0.4) is 0 Å². The zero-order valence-corrected chi connectivity index (χ0v) is 49.2. The molecule has 82 heavy (non-hydrogen) atoms. The van der Waals surface area contributed by atoms with E-state index < -0.39 is 0 Å². The van der Waals surface area contributed by atoms with Crippen LogP contribution in [-0.2, 0) is 12.8 Å². The van der Waals surface area contributed by atoms with Crippen molar-refractivity contribution in [2.45, 2.75) is 61.2 Å². The molecule has 0 amide bonds. The highest BCUT2D eigenvalue weighted by Gasteiger charge is 2.36. The lowest BCUT2D eigenvalue weighted by atomic mass is 9.67. The number of thioether (sulfide) groups is 1. The summed E-state index contributed by atoms with van der Waals surface area (Å²) in [5.74, 6) is 1.16. The molecule has 9 aromatic carbocycles. The van der Waals surface area contributed by atoms with Gasteiger partial charge in [-0.1, -0.05) is 242 Å². The van der Waals surface area contributed by atoms with Crippen molar-refractivity contribution < 1.29 is 0 Å². The second-order valence-corrected chi connectivity index (χ2v) is 25.2. The molecule has 0 spiro atoms. The van der Waals surface area contributed by atoms with Crippen LogP contribution in [0, 0.1) is 5.92 Å². The highest BCUT2D eigenvalue weighted by Crippen LogP contribution is 2.54. The van der Waals surface area contributed by atoms with Crippen LogP contribution in [0.15, 0.2) is 254 Å². The van der Waals surface area contributed by atoms with Gasteiger partial charge in [-0.25, -0.2) is 0 Å². The Morgan fingerprint density at radius 1 is 0.537 bits per heavy atom. The van der Waals surface area contributed by atoms with Crippen LogP contribution >= 0.6 is 34.4 Å². The third-order valence-corrected chi connectivity index (χ3v) is 20.3. The number of benzene rings is 9. The molecule has 0 radical (unpaired) electrons. The van der Waals surface area contributed by atoms with Crippen molar-refractivity contribution in [3.05, 3.63) is 304 Å². The molecular formula is C80H63IS. The number of halogens is 1. The molecule has 6 aliphatic rings. The van der Waals surface area contributed by atoms with Crippen molar-refractivity contribution >= 4 is 95.0 Å². The van der Waals surface area contributed by atoms with Crippen LogP contribution in [0.4, 0.5) is 0 Å². The SMILES string of the molecule is C=C/C(=C\C1=C\SC/C=C\C(C2C=C(c3ccccc3)c3ccc4c(-c5ccccc5)cc(C5=CCCCC5)c5c4c3C2C=C5)=C/C1I)c1cc(-c2ccccc2)c2ccc3c(C4=CC=CCC4)cc(-c4ccccc4)c4c3c2c1CC4. The van der Waals surface area contributed by atoms with Crippen molar-refractivity contribution in [2.75, 3.05) is 5.75 Å². The van der Waals surface area contributed by atoms with Gasteiger partial charge in [-0.15, -0.1) is 11.8 Å². The summed E-state index contributed by atoms with van der Waals surface area (Å²) in [5, 5.41) is 10.7. The Morgan fingerprint density at radius 3 is 1.88 bits per heavy atom. The lowest BCUT2D eigenvalue weighted by Crippen LogP contribution is -2.21. The maximum Gasteiger partial charge on any atom is 0.0550 e. The molecule has 396 valence electrons. The van der Waals surface area contributed by atoms with Crippen LogP contribution in [0.5, 0.6) is 0 Å². The Bertz CT molecular complexity index is 4380. The summed E-state index contributed by atoms with van der Waals surface area (Å²) in [7, 11) is 0. The van der Waals surface area contributed by atoms with E-state index in [-0.39, 0.29) is 15.8 Å². The van der Waals surface area contributed by atoms with Crippen LogP contribution in [-0.4, -0.2) is 9.68 Å². The van der Waals surface area contributed by atoms with E-state index in [9.17, 15) is 0 Å². The zero-order valence-electron chi connectivity index (χ0n) is 46.2. The summed E-state index contributed by atoms with van der Waals surface area (Å²) in [4.78, 5) is 0. The molecule has 1 aliphatic heterocycles. The van der Waals surface area contributed by atoms with E-state index in [0.717, 1.165) is 44.3 Å². The largest absolute Gasteiger partial charge is 0.130 e. The van der Waals surface area contributed by atoms with Gasteiger partial charge in [0.2, 0.25) is 0 Å². The average molecular weight is 1180 g/mol. The maximum absolute atomic E-state index is 4.65. The van der Waals surface area contributed by atoms with Gasteiger partial charge in [0.15, 0.2) is 0 Å². The molecule has 5 aliphatic carbocycles. The molecule has 0 saturated carbocycles. The lowest BCUT2D eigenvalue weighted by Gasteiger charge is -2.37. The number of allylic oxidation sites excluding steroid dienone is 15. The first kappa shape index (κ1) is 51.1. The summed E-state index contributed by atoms with van der Waals surface area (Å²) >= 11 is 4.63. The zero-order chi connectivity index (χ0) is 54.7. The highest BCUT2D eigenvalue weighted by molar-refractivity contribution is 14.1. The molecule has 2 heteroatoms. The Hall–Kier alpha value is -7.76. The normalized spacial score (nSPS) is 20.9. The topological polar surface area (TPSA) is 0 Å². The molecule has 0 N–H and O–H groups in total. The smallest absolute Gasteiger partial charge is 0.0550 e. The van der Waals surface area contributed by atoms with E-state index in [1.165, 1.54) is 162 Å². The van der Waals surface area contributed by atoms with E-state index in [1.54, 1.807) is 0 Å². The fraction of sp³-hybridized carbons (Fsp3) is 0.150. The number of rotatable bonds is 10. The fourth-order valence-electron chi connectivity index (χ4n) is 14.6. The van der Waals surface area contributed by atoms with Crippen molar-refractivity contribution in [1.29, 1.82) is 0 Å². The first-order valence-electron chi connectivity index (χ1n) is 29.7. The second-order valence-electron chi connectivity index (χ2n) is 23.0. The molecular weight excluding hydrogens is 1120 g/mol. The first-order valence-corrected chi connectivity index (χ1v) is 31.9. The average Bonchev–Trinajstić information content (AvgIpc) is 2.24. The number of hydrogen-bond donors (Lipinski definition) is 0. The van der Waals surface area contributed by atoms with E-state index in [4.69, 9.17) is 0 Å². The molecule has 9 aromatic rings. The van der Waals surface area contributed by atoms with Gasteiger partial charge >= 0.3 is 0 Å². The number of alkyl halides is 1. The summed E-state index contributed by atoms with van der Waals surface area (Å²) < 4.78 is 0.0876. The standard InChI is InChI=1S/C80H63IS/c1-2-51(68-46-69(52-22-9-3-10-23-52)61-37-38-63-71(54-26-13-5-14-27-54)47-70(53-24-11-4-12-25-53)62-36-35-60(68)77(61)78(62)63)44-59-50-82-43-21-34-58(45-76(59)81)75-49-74(57-32-19-8-20-33-57)66-40-39-64-72(55-28-15-6-16-29-55)48-73(56-30-17-7-18-31-56)65-41-42-67(75)80(66)79(64)65/h2-6,8-13,15-16,19-26,28-30,32-34,37-42,44-50,67,75-76H,1,7,14,17-18,27,31,35-36,43H2/b34-21-,51-44+,58-45+,59-50-. The predicted octanol–water partition coefficient (Wildman–Crippen LogP) is 22.3. The van der Waals surface area contributed by atoms with Gasteiger partial charge in [-0.3, -0.25) is 0 Å². The minimum atomic E-state index is 0.0876. The first-order chi connectivity index (χ1) is 40.6. The molecule has 0 saturated heterocycles. The molecule has 0 fully saturated rings. The molecule has 3 unspecified atom stereocenters. The van der Waals surface area contributed by atoms with Gasteiger partial charge in [0.05, 0.1) is 3.92 Å². The van der Waals surface area contributed by atoms with Gasteiger partial charge in [-0.2, -0.15) is 0 Å². The van der Waals surface area contributed by atoms with Crippen molar-refractivity contribution in [1.82, 2.24) is 0 Å². The van der Waals surface area contributed by atoms with Crippen molar-refractivity contribution in [3.63, 3.8) is 0 Å². The molecule has 3 atom stereocenters. The minimum absolute atomic E-state index is 0.0876. The maximum atomic E-state index is 4.65. The Balaban J connectivity index is 0.897. The Kier molecular flexibility index (Phi) is 13.6. The van der Waals surface area contributed by atoms with E-state index in [0.29, 0.717) is 0 Å². The molecule has 0 bridgehead atoms. The predicted molar refractivity (Wildman–Crippen MR) is 364 cm³/mol. The molecule has 1 heterocycles. The Labute approximate surface area is 501 Å². The van der Waals surface area contributed by atoms with Gasteiger partial charge < -0.3 is 0 Å².